The monoisotopic (exact) mass is 235 g/mol. The molecule has 0 bridgehead atoms. The number of nitriles is 1. The summed E-state index contributed by atoms with van der Waals surface area (Å²) in [6, 6.07) is 1.33. The van der Waals surface area contributed by atoms with E-state index < -0.39 is 17.4 Å². The molecule has 0 spiro atoms. The third kappa shape index (κ3) is 2.00. The van der Waals surface area contributed by atoms with Crippen molar-refractivity contribution in [3.8, 4) is 6.07 Å². The Bertz CT molecular complexity index is 420. The molecule has 0 radical (unpaired) electrons. The second-order valence-electron chi connectivity index (χ2n) is 4.52. The van der Waals surface area contributed by atoms with E-state index in [-0.39, 0.29) is 18.2 Å². The lowest BCUT2D eigenvalue weighted by Crippen LogP contribution is -2.56. The van der Waals surface area contributed by atoms with Crippen LogP contribution in [0.4, 0.5) is 0 Å². The molecular weight excluding hydrogens is 222 g/mol. The van der Waals surface area contributed by atoms with Crippen molar-refractivity contribution in [2.75, 3.05) is 0 Å². The van der Waals surface area contributed by atoms with E-state index in [1.54, 1.807) is 0 Å². The Morgan fingerprint density at radius 3 is 2.65 bits per heavy atom. The summed E-state index contributed by atoms with van der Waals surface area (Å²) in [5, 5.41) is 13.7. The van der Waals surface area contributed by atoms with Crippen molar-refractivity contribution in [2.24, 2.45) is 5.41 Å². The van der Waals surface area contributed by atoms with E-state index in [0.717, 1.165) is 6.42 Å². The SMILES string of the molecule is N#CC1(C(=O)NC2CCC(=O)NC2=O)CCC1. The standard InChI is InChI=1S/C11H13N3O3/c12-6-11(4-1-5-11)10(17)13-7-2-3-8(15)14-9(7)16/h7H,1-5H2,(H,13,17)(H,14,15,16). The normalized spacial score (nSPS) is 26.4. The van der Waals surface area contributed by atoms with Gasteiger partial charge in [0.05, 0.1) is 6.07 Å². The van der Waals surface area contributed by atoms with Gasteiger partial charge in [-0.2, -0.15) is 5.26 Å². The molecule has 0 aromatic heterocycles. The molecule has 1 atom stereocenters. The smallest absolute Gasteiger partial charge is 0.249 e. The van der Waals surface area contributed by atoms with Crippen LogP contribution < -0.4 is 10.6 Å². The number of hydrogen-bond donors (Lipinski definition) is 2. The molecule has 1 heterocycles. The number of carbonyl (C=O) groups is 3. The van der Waals surface area contributed by atoms with Gasteiger partial charge in [0.15, 0.2) is 0 Å². The minimum Gasteiger partial charge on any atom is -0.343 e. The van der Waals surface area contributed by atoms with Crippen LogP contribution in [-0.2, 0) is 14.4 Å². The molecule has 6 heteroatoms. The van der Waals surface area contributed by atoms with Gasteiger partial charge in [-0.15, -0.1) is 0 Å². The van der Waals surface area contributed by atoms with Crippen LogP contribution in [0, 0.1) is 16.7 Å². The lowest BCUT2D eigenvalue weighted by Gasteiger charge is -2.35. The first kappa shape index (κ1) is 11.6. The number of imide groups is 1. The lowest BCUT2D eigenvalue weighted by atomic mass is 9.69. The van der Waals surface area contributed by atoms with Crippen LogP contribution in [0.25, 0.3) is 0 Å². The molecule has 3 amide bonds. The van der Waals surface area contributed by atoms with Gasteiger partial charge in [-0.3, -0.25) is 19.7 Å². The summed E-state index contributed by atoms with van der Waals surface area (Å²) in [6.45, 7) is 0. The van der Waals surface area contributed by atoms with Crippen LogP contribution in [-0.4, -0.2) is 23.8 Å². The van der Waals surface area contributed by atoms with Crippen molar-refractivity contribution in [3.63, 3.8) is 0 Å². The van der Waals surface area contributed by atoms with Crippen LogP contribution in [0.3, 0.4) is 0 Å². The van der Waals surface area contributed by atoms with E-state index in [2.05, 4.69) is 10.6 Å². The molecule has 0 aromatic carbocycles. The number of hydrogen-bond acceptors (Lipinski definition) is 4. The van der Waals surface area contributed by atoms with Crippen LogP contribution in [0.2, 0.25) is 0 Å². The molecule has 1 unspecified atom stereocenters. The van der Waals surface area contributed by atoms with Gasteiger partial charge >= 0.3 is 0 Å². The zero-order chi connectivity index (χ0) is 12.5. The Kier molecular flexibility index (Phi) is 2.84. The molecule has 2 rings (SSSR count). The second kappa shape index (κ2) is 4.17. The van der Waals surface area contributed by atoms with Crippen LogP contribution >= 0.6 is 0 Å². The minimum absolute atomic E-state index is 0.218. The molecule has 0 aromatic rings. The maximum Gasteiger partial charge on any atom is 0.249 e. The summed E-state index contributed by atoms with van der Waals surface area (Å²) < 4.78 is 0. The summed E-state index contributed by atoms with van der Waals surface area (Å²) in [5.41, 5.74) is -0.957. The lowest BCUT2D eigenvalue weighted by molar-refractivity contribution is -0.140. The van der Waals surface area contributed by atoms with Gasteiger partial charge in [-0.05, 0) is 25.7 Å². The van der Waals surface area contributed by atoms with Crippen LogP contribution in [0.5, 0.6) is 0 Å². The Morgan fingerprint density at radius 1 is 1.47 bits per heavy atom. The fourth-order valence-corrected chi connectivity index (χ4v) is 2.05. The summed E-state index contributed by atoms with van der Waals surface area (Å²) >= 11 is 0. The summed E-state index contributed by atoms with van der Waals surface area (Å²) in [5.74, 6) is -1.19. The number of piperidine rings is 1. The Labute approximate surface area is 98.4 Å². The highest BCUT2D eigenvalue weighted by atomic mass is 16.2. The van der Waals surface area contributed by atoms with Gasteiger partial charge in [0.25, 0.3) is 0 Å². The molecule has 2 N–H and O–H groups in total. The Balaban J connectivity index is 1.97. The predicted octanol–water partition coefficient (Wildman–Crippen LogP) is -0.398. The number of rotatable bonds is 2. The van der Waals surface area contributed by atoms with E-state index in [1.807, 2.05) is 6.07 Å². The maximum absolute atomic E-state index is 11.9. The topological polar surface area (TPSA) is 99.1 Å². The first-order chi connectivity index (χ1) is 8.07. The van der Waals surface area contributed by atoms with Gasteiger partial charge in [0.1, 0.15) is 11.5 Å². The first-order valence-electron chi connectivity index (χ1n) is 5.63. The number of nitrogens with one attached hydrogen (secondary N) is 2. The first-order valence-corrected chi connectivity index (χ1v) is 5.63. The van der Waals surface area contributed by atoms with Crippen LogP contribution in [0.1, 0.15) is 32.1 Å². The van der Waals surface area contributed by atoms with Crippen molar-refractivity contribution in [2.45, 2.75) is 38.1 Å². The van der Waals surface area contributed by atoms with Gasteiger partial charge in [0, 0.05) is 6.42 Å². The fourth-order valence-electron chi connectivity index (χ4n) is 2.05. The molecule has 1 saturated heterocycles. The van der Waals surface area contributed by atoms with Gasteiger partial charge in [-0.1, -0.05) is 0 Å². The zero-order valence-electron chi connectivity index (χ0n) is 9.28. The summed E-state index contributed by atoms with van der Waals surface area (Å²) in [4.78, 5) is 34.2. The van der Waals surface area contributed by atoms with E-state index in [4.69, 9.17) is 5.26 Å². The van der Waals surface area contributed by atoms with E-state index in [0.29, 0.717) is 19.3 Å². The molecule has 6 nitrogen and oxygen atoms in total. The number of carbonyl (C=O) groups excluding carboxylic acids is 3. The largest absolute Gasteiger partial charge is 0.343 e. The average molecular weight is 235 g/mol. The molecule has 90 valence electrons. The van der Waals surface area contributed by atoms with E-state index >= 15 is 0 Å². The molecule has 17 heavy (non-hydrogen) atoms. The Morgan fingerprint density at radius 2 is 2.18 bits per heavy atom. The third-order valence-corrected chi connectivity index (χ3v) is 3.40. The maximum atomic E-state index is 11.9. The Hall–Kier alpha value is -1.90. The number of nitrogens with zero attached hydrogens (tertiary/aromatic N) is 1. The fraction of sp³-hybridized carbons (Fsp3) is 0.636. The van der Waals surface area contributed by atoms with Crippen molar-refractivity contribution >= 4 is 17.7 Å². The zero-order valence-corrected chi connectivity index (χ0v) is 9.28. The second-order valence-corrected chi connectivity index (χ2v) is 4.52. The van der Waals surface area contributed by atoms with Crippen LogP contribution in [0.15, 0.2) is 0 Å². The summed E-state index contributed by atoms with van der Waals surface area (Å²) in [6.07, 6.45) is 2.47. The minimum atomic E-state index is -0.957. The van der Waals surface area contributed by atoms with E-state index in [9.17, 15) is 14.4 Å². The van der Waals surface area contributed by atoms with Gasteiger partial charge < -0.3 is 5.32 Å². The molecule has 1 saturated carbocycles. The predicted molar refractivity (Wildman–Crippen MR) is 56.2 cm³/mol. The number of amides is 3. The molecule has 2 fully saturated rings. The van der Waals surface area contributed by atoms with Crippen molar-refractivity contribution in [3.05, 3.63) is 0 Å². The van der Waals surface area contributed by atoms with E-state index in [1.165, 1.54) is 0 Å². The quantitative estimate of drug-likeness (QED) is 0.636. The van der Waals surface area contributed by atoms with Gasteiger partial charge in [-0.25, -0.2) is 0 Å². The van der Waals surface area contributed by atoms with Gasteiger partial charge in [0.2, 0.25) is 17.7 Å². The van der Waals surface area contributed by atoms with Crippen molar-refractivity contribution < 1.29 is 14.4 Å². The highest BCUT2D eigenvalue weighted by Gasteiger charge is 2.46. The molecule has 2 aliphatic rings. The molecule has 1 aliphatic heterocycles. The third-order valence-electron chi connectivity index (χ3n) is 3.40. The molecule has 1 aliphatic carbocycles. The molecular formula is C11H13N3O3. The highest BCUT2D eigenvalue weighted by Crippen LogP contribution is 2.40. The average Bonchev–Trinajstić information content (AvgIpc) is 2.21. The van der Waals surface area contributed by atoms with Crippen molar-refractivity contribution in [1.29, 1.82) is 5.26 Å². The van der Waals surface area contributed by atoms with Crippen molar-refractivity contribution in [1.82, 2.24) is 10.6 Å². The highest BCUT2D eigenvalue weighted by molar-refractivity contribution is 6.02. The summed E-state index contributed by atoms with van der Waals surface area (Å²) in [7, 11) is 0.